The second-order valence-electron chi connectivity index (χ2n) is 5.63. The molecule has 0 radical (unpaired) electrons. The van der Waals surface area contributed by atoms with Crippen LogP contribution in [-0.2, 0) is 0 Å². The standard InChI is InChI=1S/C13H24ClN5/c1-7-19(8-2)12-17-10(14)16-11(18-12)15-9(3)13(4,5)6/h9H,7-8H2,1-6H3,(H,15,16,17,18). The van der Waals surface area contributed by atoms with Crippen molar-refractivity contribution in [2.75, 3.05) is 23.3 Å². The molecule has 0 bridgehead atoms. The number of hydrogen-bond acceptors (Lipinski definition) is 5. The first-order chi connectivity index (χ1) is 8.77. The third-order valence-corrected chi connectivity index (χ3v) is 3.46. The molecule has 1 aromatic rings. The lowest BCUT2D eigenvalue weighted by Crippen LogP contribution is -2.32. The summed E-state index contributed by atoms with van der Waals surface area (Å²) in [5, 5.41) is 3.52. The first-order valence-electron chi connectivity index (χ1n) is 6.71. The summed E-state index contributed by atoms with van der Waals surface area (Å²) < 4.78 is 0. The molecule has 0 fully saturated rings. The lowest BCUT2D eigenvalue weighted by Gasteiger charge is -2.28. The Kier molecular flexibility index (Phi) is 5.35. The van der Waals surface area contributed by atoms with Crippen LogP contribution in [-0.4, -0.2) is 34.1 Å². The van der Waals surface area contributed by atoms with Crippen LogP contribution in [0.4, 0.5) is 11.9 Å². The fourth-order valence-electron chi connectivity index (χ4n) is 1.46. The van der Waals surface area contributed by atoms with Gasteiger partial charge in [0.15, 0.2) is 0 Å². The third kappa shape index (κ3) is 4.49. The second kappa shape index (κ2) is 6.37. The second-order valence-corrected chi connectivity index (χ2v) is 5.97. The summed E-state index contributed by atoms with van der Waals surface area (Å²) in [5.41, 5.74) is 0.120. The van der Waals surface area contributed by atoms with Gasteiger partial charge in [-0.1, -0.05) is 20.8 Å². The van der Waals surface area contributed by atoms with Crippen LogP contribution in [0.3, 0.4) is 0 Å². The van der Waals surface area contributed by atoms with Crippen molar-refractivity contribution in [2.45, 2.75) is 47.6 Å². The highest BCUT2D eigenvalue weighted by atomic mass is 35.5. The summed E-state index contributed by atoms with van der Waals surface area (Å²) in [6.07, 6.45) is 0. The number of nitrogens with zero attached hydrogens (tertiary/aromatic N) is 4. The minimum absolute atomic E-state index is 0.120. The van der Waals surface area contributed by atoms with Crippen molar-refractivity contribution < 1.29 is 0 Å². The Morgan fingerprint density at radius 1 is 1.16 bits per heavy atom. The highest BCUT2D eigenvalue weighted by Crippen LogP contribution is 2.22. The van der Waals surface area contributed by atoms with Crippen LogP contribution in [0.15, 0.2) is 0 Å². The molecule has 0 aliphatic rings. The smallest absolute Gasteiger partial charge is 0.231 e. The number of nitrogens with one attached hydrogen (secondary N) is 1. The zero-order chi connectivity index (χ0) is 14.6. The summed E-state index contributed by atoms with van der Waals surface area (Å²) in [5.74, 6) is 1.15. The van der Waals surface area contributed by atoms with E-state index >= 15 is 0 Å². The monoisotopic (exact) mass is 285 g/mol. The molecule has 1 aromatic heterocycles. The van der Waals surface area contributed by atoms with Crippen molar-refractivity contribution in [1.82, 2.24) is 15.0 Å². The third-order valence-electron chi connectivity index (χ3n) is 3.29. The Labute approximate surface area is 120 Å². The summed E-state index contributed by atoms with van der Waals surface area (Å²) in [6, 6.07) is 0.232. The molecule has 0 aliphatic carbocycles. The molecule has 1 rings (SSSR count). The van der Waals surface area contributed by atoms with E-state index in [1.165, 1.54) is 0 Å². The average molecular weight is 286 g/mol. The molecule has 1 unspecified atom stereocenters. The average Bonchev–Trinajstić information content (AvgIpc) is 2.28. The van der Waals surface area contributed by atoms with Crippen molar-refractivity contribution in [3.05, 3.63) is 5.28 Å². The van der Waals surface area contributed by atoms with Crippen LogP contribution in [0.5, 0.6) is 0 Å². The maximum absolute atomic E-state index is 5.98. The van der Waals surface area contributed by atoms with E-state index in [-0.39, 0.29) is 16.7 Å². The van der Waals surface area contributed by atoms with Gasteiger partial charge in [0, 0.05) is 19.1 Å². The van der Waals surface area contributed by atoms with E-state index in [0.717, 1.165) is 13.1 Å². The van der Waals surface area contributed by atoms with Crippen LogP contribution in [0, 0.1) is 5.41 Å². The molecule has 19 heavy (non-hydrogen) atoms. The summed E-state index contributed by atoms with van der Waals surface area (Å²) >= 11 is 5.98. The molecule has 0 saturated heterocycles. The zero-order valence-electron chi connectivity index (χ0n) is 12.7. The van der Waals surface area contributed by atoms with E-state index in [4.69, 9.17) is 11.6 Å². The summed E-state index contributed by atoms with van der Waals surface area (Å²) in [4.78, 5) is 14.8. The molecule has 0 spiro atoms. The van der Waals surface area contributed by atoms with Crippen LogP contribution in [0.1, 0.15) is 41.5 Å². The minimum atomic E-state index is 0.120. The SMILES string of the molecule is CCN(CC)c1nc(Cl)nc(NC(C)C(C)(C)C)n1. The van der Waals surface area contributed by atoms with Crippen molar-refractivity contribution in [3.63, 3.8) is 0 Å². The fraction of sp³-hybridized carbons (Fsp3) is 0.769. The zero-order valence-corrected chi connectivity index (χ0v) is 13.4. The van der Waals surface area contributed by atoms with E-state index < -0.39 is 0 Å². The first kappa shape index (κ1) is 16.0. The maximum atomic E-state index is 5.98. The molecule has 0 saturated carbocycles. The van der Waals surface area contributed by atoms with Crippen LogP contribution in [0.25, 0.3) is 0 Å². The molecule has 5 nitrogen and oxygen atoms in total. The van der Waals surface area contributed by atoms with Gasteiger partial charge in [-0.25, -0.2) is 0 Å². The summed E-state index contributed by atoms with van der Waals surface area (Å²) in [6.45, 7) is 14.4. The maximum Gasteiger partial charge on any atom is 0.231 e. The Hall–Kier alpha value is -1.10. The highest BCUT2D eigenvalue weighted by molar-refractivity contribution is 6.28. The van der Waals surface area contributed by atoms with Gasteiger partial charge in [-0.3, -0.25) is 0 Å². The van der Waals surface area contributed by atoms with Gasteiger partial charge in [-0.15, -0.1) is 0 Å². The predicted molar refractivity (Wildman–Crippen MR) is 80.9 cm³/mol. The van der Waals surface area contributed by atoms with E-state index in [1.807, 2.05) is 4.90 Å². The highest BCUT2D eigenvalue weighted by Gasteiger charge is 2.21. The van der Waals surface area contributed by atoms with Gasteiger partial charge in [-0.05, 0) is 37.8 Å². The lowest BCUT2D eigenvalue weighted by atomic mass is 9.88. The van der Waals surface area contributed by atoms with Gasteiger partial charge in [0.2, 0.25) is 17.2 Å². The van der Waals surface area contributed by atoms with E-state index in [2.05, 4.69) is 61.8 Å². The largest absolute Gasteiger partial charge is 0.351 e. The number of anilines is 2. The number of rotatable bonds is 5. The topological polar surface area (TPSA) is 53.9 Å². The van der Waals surface area contributed by atoms with E-state index in [1.54, 1.807) is 0 Å². The van der Waals surface area contributed by atoms with Crippen molar-refractivity contribution >= 4 is 23.5 Å². The number of aromatic nitrogens is 3. The van der Waals surface area contributed by atoms with Gasteiger partial charge >= 0.3 is 0 Å². The normalized spacial score (nSPS) is 13.2. The van der Waals surface area contributed by atoms with Gasteiger partial charge < -0.3 is 10.2 Å². The molecule has 1 atom stereocenters. The molecule has 0 aromatic carbocycles. The van der Waals surface area contributed by atoms with Crippen molar-refractivity contribution in [2.24, 2.45) is 5.41 Å². The molecule has 108 valence electrons. The Morgan fingerprint density at radius 3 is 2.21 bits per heavy atom. The fourth-order valence-corrected chi connectivity index (χ4v) is 1.62. The van der Waals surface area contributed by atoms with Gasteiger partial charge in [0.1, 0.15) is 0 Å². The first-order valence-corrected chi connectivity index (χ1v) is 7.08. The summed E-state index contributed by atoms with van der Waals surface area (Å²) in [7, 11) is 0. The van der Waals surface area contributed by atoms with E-state index in [0.29, 0.717) is 11.9 Å². The molecule has 0 aliphatic heterocycles. The van der Waals surface area contributed by atoms with Gasteiger partial charge in [-0.2, -0.15) is 15.0 Å². The predicted octanol–water partition coefficient (Wildman–Crippen LogP) is 3.22. The van der Waals surface area contributed by atoms with Crippen LogP contribution >= 0.6 is 11.6 Å². The molecular formula is C13H24ClN5. The molecular weight excluding hydrogens is 262 g/mol. The van der Waals surface area contributed by atoms with Crippen molar-refractivity contribution in [1.29, 1.82) is 0 Å². The lowest BCUT2D eigenvalue weighted by molar-refractivity contribution is 0.358. The quantitative estimate of drug-likeness (QED) is 0.900. The Bertz CT molecular complexity index is 412. The minimum Gasteiger partial charge on any atom is -0.351 e. The van der Waals surface area contributed by atoms with Crippen LogP contribution < -0.4 is 10.2 Å². The Morgan fingerprint density at radius 2 is 1.74 bits per heavy atom. The van der Waals surface area contributed by atoms with Crippen LogP contribution in [0.2, 0.25) is 5.28 Å². The molecule has 0 amide bonds. The van der Waals surface area contributed by atoms with E-state index in [9.17, 15) is 0 Å². The molecule has 6 heteroatoms. The number of halogens is 1. The van der Waals surface area contributed by atoms with Gasteiger partial charge in [0.25, 0.3) is 0 Å². The molecule has 1 N–H and O–H groups in total. The molecule has 1 heterocycles. The van der Waals surface area contributed by atoms with Crippen molar-refractivity contribution in [3.8, 4) is 0 Å². The Balaban J connectivity index is 2.97. The van der Waals surface area contributed by atoms with Gasteiger partial charge in [0.05, 0.1) is 0 Å². The number of hydrogen-bond donors (Lipinski definition) is 1.